The Morgan fingerprint density at radius 3 is 2.42 bits per heavy atom. The lowest BCUT2D eigenvalue weighted by molar-refractivity contribution is -0.118. The van der Waals surface area contributed by atoms with Crippen molar-refractivity contribution < 1.29 is 27.8 Å². The molecule has 0 saturated heterocycles. The zero-order chi connectivity index (χ0) is 17.7. The number of benzene rings is 2. The normalized spacial score (nSPS) is 10.1. The maximum absolute atomic E-state index is 13.5. The van der Waals surface area contributed by atoms with Crippen LogP contribution in [0.4, 0.5) is 14.5 Å². The minimum atomic E-state index is -0.914. The van der Waals surface area contributed by atoms with E-state index in [1.54, 1.807) is 0 Å². The molecule has 2 amide bonds. The Hall–Kier alpha value is -3.16. The van der Waals surface area contributed by atoms with E-state index >= 15 is 0 Å². The van der Waals surface area contributed by atoms with Crippen molar-refractivity contribution in [3.63, 3.8) is 0 Å². The molecule has 0 bridgehead atoms. The van der Waals surface area contributed by atoms with E-state index in [2.05, 4.69) is 5.32 Å². The van der Waals surface area contributed by atoms with Gasteiger partial charge in [0.1, 0.15) is 28.8 Å². The molecule has 0 atom stereocenters. The highest BCUT2D eigenvalue weighted by Crippen LogP contribution is 2.24. The highest BCUT2D eigenvalue weighted by molar-refractivity contribution is 5.96. The average molecular weight is 336 g/mol. The lowest BCUT2D eigenvalue weighted by atomic mass is 10.2. The zero-order valence-corrected chi connectivity index (χ0v) is 12.6. The van der Waals surface area contributed by atoms with Gasteiger partial charge in [0.05, 0.1) is 12.7 Å². The van der Waals surface area contributed by atoms with Gasteiger partial charge >= 0.3 is 0 Å². The predicted molar refractivity (Wildman–Crippen MR) is 82.0 cm³/mol. The number of primary amides is 1. The van der Waals surface area contributed by atoms with Crippen molar-refractivity contribution in [2.24, 2.45) is 5.73 Å². The van der Waals surface area contributed by atoms with Crippen LogP contribution in [-0.4, -0.2) is 25.5 Å². The fourth-order valence-corrected chi connectivity index (χ4v) is 1.89. The van der Waals surface area contributed by atoms with E-state index in [4.69, 9.17) is 15.2 Å². The van der Waals surface area contributed by atoms with E-state index in [9.17, 15) is 18.4 Å². The number of methoxy groups -OCH3 is 1. The SMILES string of the molecule is COc1ccc(C(N)=O)c(OCC(=O)Nc2c(F)cccc2F)c1. The number of carbonyl (C=O) groups is 2. The first-order valence-electron chi connectivity index (χ1n) is 6.77. The highest BCUT2D eigenvalue weighted by Gasteiger charge is 2.15. The van der Waals surface area contributed by atoms with Gasteiger partial charge in [-0.25, -0.2) is 8.78 Å². The average Bonchev–Trinajstić information content (AvgIpc) is 2.56. The highest BCUT2D eigenvalue weighted by atomic mass is 19.1. The van der Waals surface area contributed by atoms with Crippen molar-refractivity contribution in [3.8, 4) is 11.5 Å². The molecule has 3 N–H and O–H groups in total. The summed E-state index contributed by atoms with van der Waals surface area (Å²) in [6.07, 6.45) is 0. The van der Waals surface area contributed by atoms with E-state index in [0.29, 0.717) is 5.75 Å². The molecule has 0 aliphatic rings. The molecule has 0 heterocycles. The van der Waals surface area contributed by atoms with Crippen molar-refractivity contribution in [1.82, 2.24) is 0 Å². The predicted octanol–water partition coefficient (Wildman–Crippen LogP) is 2.09. The van der Waals surface area contributed by atoms with Crippen LogP contribution in [0.2, 0.25) is 0 Å². The first-order valence-corrected chi connectivity index (χ1v) is 6.77. The summed E-state index contributed by atoms with van der Waals surface area (Å²) in [7, 11) is 1.41. The minimum Gasteiger partial charge on any atom is -0.497 e. The smallest absolute Gasteiger partial charge is 0.262 e. The summed E-state index contributed by atoms with van der Waals surface area (Å²) in [6, 6.07) is 7.44. The van der Waals surface area contributed by atoms with Crippen molar-refractivity contribution in [2.75, 3.05) is 19.0 Å². The van der Waals surface area contributed by atoms with Gasteiger partial charge in [-0.2, -0.15) is 0 Å². The molecule has 0 radical (unpaired) electrons. The first-order chi connectivity index (χ1) is 11.4. The van der Waals surface area contributed by atoms with Crippen LogP contribution in [0.15, 0.2) is 36.4 Å². The second kappa shape index (κ2) is 7.40. The van der Waals surface area contributed by atoms with E-state index in [0.717, 1.165) is 12.1 Å². The van der Waals surface area contributed by atoms with Crippen LogP contribution < -0.4 is 20.5 Å². The quantitative estimate of drug-likeness (QED) is 0.845. The molecule has 2 aromatic carbocycles. The number of halogens is 2. The van der Waals surface area contributed by atoms with Crippen molar-refractivity contribution in [3.05, 3.63) is 53.6 Å². The standard InChI is InChI=1S/C16H14F2N2O4/c1-23-9-5-6-10(16(19)22)13(7-9)24-8-14(21)20-15-11(17)3-2-4-12(15)18/h2-7H,8H2,1H3,(H2,19,22)(H,20,21). The number of para-hydroxylation sites is 1. The molecule has 0 aliphatic heterocycles. The number of carbonyl (C=O) groups excluding carboxylic acids is 2. The number of nitrogens with two attached hydrogens (primary N) is 1. The maximum atomic E-state index is 13.5. The van der Waals surface area contributed by atoms with Gasteiger partial charge in [0.2, 0.25) is 0 Å². The summed E-state index contributed by atoms with van der Waals surface area (Å²) in [4.78, 5) is 23.2. The van der Waals surface area contributed by atoms with Gasteiger partial charge in [-0.1, -0.05) is 6.07 Å². The molecular formula is C16H14F2N2O4. The Morgan fingerprint density at radius 1 is 1.17 bits per heavy atom. The van der Waals surface area contributed by atoms with Crippen LogP contribution >= 0.6 is 0 Å². The van der Waals surface area contributed by atoms with Gasteiger partial charge in [0.25, 0.3) is 11.8 Å². The van der Waals surface area contributed by atoms with Gasteiger partial charge in [0, 0.05) is 6.07 Å². The number of hydrogen-bond donors (Lipinski definition) is 2. The molecule has 0 spiro atoms. The molecule has 24 heavy (non-hydrogen) atoms. The van der Waals surface area contributed by atoms with E-state index in [1.807, 2.05) is 0 Å². The molecule has 8 heteroatoms. The maximum Gasteiger partial charge on any atom is 0.262 e. The lowest BCUT2D eigenvalue weighted by Gasteiger charge is -2.12. The zero-order valence-electron chi connectivity index (χ0n) is 12.6. The molecule has 126 valence electrons. The van der Waals surface area contributed by atoms with Gasteiger partial charge in [-0.05, 0) is 24.3 Å². The number of ether oxygens (including phenoxy) is 2. The van der Waals surface area contributed by atoms with E-state index in [1.165, 1.54) is 31.4 Å². The molecule has 0 fully saturated rings. The summed E-state index contributed by atoms with van der Waals surface area (Å²) in [6.45, 7) is -0.582. The number of rotatable bonds is 6. The molecule has 2 aromatic rings. The van der Waals surface area contributed by atoms with E-state index in [-0.39, 0.29) is 11.3 Å². The van der Waals surface area contributed by atoms with Crippen LogP contribution in [-0.2, 0) is 4.79 Å². The molecule has 0 saturated carbocycles. The summed E-state index contributed by atoms with van der Waals surface area (Å²) >= 11 is 0. The largest absolute Gasteiger partial charge is 0.497 e. The lowest BCUT2D eigenvalue weighted by Crippen LogP contribution is -2.22. The van der Waals surface area contributed by atoms with Crippen molar-refractivity contribution >= 4 is 17.5 Å². The van der Waals surface area contributed by atoms with Crippen LogP contribution in [0.5, 0.6) is 11.5 Å². The third-order valence-electron chi connectivity index (χ3n) is 3.04. The van der Waals surface area contributed by atoms with Gasteiger partial charge in [-0.15, -0.1) is 0 Å². The third kappa shape index (κ3) is 3.97. The summed E-state index contributed by atoms with van der Waals surface area (Å²) < 4.78 is 37.1. The van der Waals surface area contributed by atoms with E-state index < -0.39 is 35.7 Å². The summed E-state index contributed by atoms with van der Waals surface area (Å²) in [5, 5.41) is 2.06. The fourth-order valence-electron chi connectivity index (χ4n) is 1.89. The molecule has 6 nitrogen and oxygen atoms in total. The minimum absolute atomic E-state index is 0.0194. The number of anilines is 1. The molecule has 0 aliphatic carbocycles. The first kappa shape index (κ1) is 17.2. The molecular weight excluding hydrogens is 322 g/mol. The van der Waals surface area contributed by atoms with Crippen LogP contribution in [0, 0.1) is 11.6 Å². The summed E-state index contributed by atoms with van der Waals surface area (Å²) in [5.41, 5.74) is 4.68. The van der Waals surface area contributed by atoms with Gasteiger partial charge in [-0.3, -0.25) is 9.59 Å². The fraction of sp³-hybridized carbons (Fsp3) is 0.125. The van der Waals surface area contributed by atoms with Crippen LogP contribution in [0.3, 0.4) is 0 Å². The van der Waals surface area contributed by atoms with Crippen molar-refractivity contribution in [2.45, 2.75) is 0 Å². The topological polar surface area (TPSA) is 90.7 Å². The summed E-state index contributed by atoms with van der Waals surface area (Å²) in [5.74, 6) is -2.99. The third-order valence-corrected chi connectivity index (χ3v) is 3.04. The van der Waals surface area contributed by atoms with Crippen molar-refractivity contribution in [1.29, 1.82) is 0 Å². The molecule has 0 unspecified atom stereocenters. The number of nitrogens with one attached hydrogen (secondary N) is 1. The van der Waals surface area contributed by atoms with Crippen LogP contribution in [0.1, 0.15) is 10.4 Å². The molecule has 0 aromatic heterocycles. The Balaban J connectivity index is 2.10. The Morgan fingerprint density at radius 2 is 1.83 bits per heavy atom. The van der Waals surface area contributed by atoms with Crippen LogP contribution in [0.25, 0.3) is 0 Å². The number of amides is 2. The Kier molecular flexibility index (Phi) is 5.31. The second-order valence-electron chi connectivity index (χ2n) is 4.66. The molecule has 2 rings (SSSR count). The Labute approximate surface area is 136 Å². The second-order valence-corrected chi connectivity index (χ2v) is 4.66. The van der Waals surface area contributed by atoms with Gasteiger partial charge < -0.3 is 20.5 Å². The van der Waals surface area contributed by atoms with Gasteiger partial charge in [0.15, 0.2) is 6.61 Å². The number of hydrogen-bond acceptors (Lipinski definition) is 4. The monoisotopic (exact) mass is 336 g/mol. The Bertz CT molecular complexity index is 760.